The summed E-state index contributed by atoms with van der Waals surface area (Å²) in [6, 6.07) is 6.50. The highest BCUT2D eigenvalue weighted by Gasteiger charge is 2.20. The minimum absolute atomic E-state index is 0.133. The van der Waals surface area contributed by atoms with Gasteiger partial charge in [-0.1, -0.05) is 0 Å². The summed E-state index contributed by atoms with van der Waals surface area (Å²) in [5.41, 5.74) is 2.16. The van der Waals surface area contributed by atoms with Crippen LogP contribution < -0.4 is 5.32 Å². The fourth-order valence-corrected chi connectivity index (χ4v) is 1.98. The van der Waals surface area contributed by atoms with Crippen LogP contribution in [0.1, 0.15) is 29.8 Å². The van der Waals surface area contributed by atoms with E-state index in [1.54, 1.807) is 17.0 Å². The SMILES string of the molecule is N#Cc1ncn(-c2cncc(CNC3CC3)c2)c1C#N. The zero-order valence-electron chi connectivity index (χ0n) is 10.7. The Morgan fingerprint density at radius 2 is 2.15 bits per heavy atom. The molecule has 1 fully saturated rings. The minimum Gasteiger partial charge on any atom is -0.310 e. The Kier molecular flexibility index (Phi) is 3.16. The molecule has 1 saturated carbocycles. The summed E-state index contributed by atoms with van der Waals surface area (Å²) >= 11 is 0. The van der Waals surface area contributed by atoms with Gasteiger partial charge >= 0.3 is 0 Å². The molecule has 0 saturated heterocycles. The van der Waals surface area contributed by atoms with Gasteiger partial charge in [0.1, 0.15) is 18.5 Å². The van der Waals surface area contributed by atoms with Crippen molar-refractivity contribution in [2.24, 2.45) is 0 Å². The summed E-state index contributed by atoms with van der Waals surface area (Å²) in [7, 11) is 0. The molecule has 98 valence electrons. The van der Waals surface area contributed by atoms with Crippen molar-refractivity contribution in [3.8, 4) is 17.8 Å². The molecule has 20 heavy (non-hydrogen) atoms. The maximum absolute atomic E-state index is 9.14. The molecule has 0 aliphatic heterocycles. The van der Waals surface area contributed by atoms with E-state index in [4.69, 9.17) is 10.5 Å². The number of nitrogens with one attached hydrogen (secondary N) is 1. The Morgan fingerprint density at radius 1 is 1.30 bits per heavy atom. The first-order valence-electron chi connectivity index (χ1n) is 6.37. The van der Waals surface area contributed by atoms with Crippen molar-refractivity contribution < 1.29 is 0 Å². The van der Waals surface area contributed by atoms with Gasteiger partial charge in [-0.3, -0.25) is 9.55 Å². The van der Waals surface area contributed by atoms with E-state index in [1.807, 2.05) is 18.2 Å². The molecule has 6 heteroatoms. The lowest BCUT2D eigenvalue weighted by Crippen LogP contribution is -2.15. The van der Waals surface area contributed by atoms with Gasteiger partial charge in [-0.15, -0.1) is 0 Å². The van der Waals surface area contributed by atoms with E-state index < -0.39 is 0 Å². The van der Waals surface area contributed by atoms with Gasteiger partial charge in [0.25, 0.3) is 0 Å². The van der Waals surface area contributed by atoms with Crippen LogP contribution in [-0.4, -0.2) is 20.6 Å². The van der Waals surface area contributed by atoms with Crippen LogP contribution in [0.25, 0.3) is 5.69 Å². The molecular weight excluding hydrogens is 252 g/mol. The number of rotatable bonds is 4. The Hall–Kier alpha value is -2.70. The van der Waals surface area contributed by atoms with Crippen LogP contribution in [-0.2, 0) is 6.54 Å². The van der Waals surface area contributed by atoms with Crippen LogP contribution in [0.4, 0.5) is 0 Å². The number of nitrogens with zero attached hydrogens (tertiary/aromatic N) is 5. The molecule has 0 aromatic carbocycles. The van der Waals surface area contributed by atoms with Crippen LogP contribution in [0.2, 0.25) is 0 Å². The molecule has 0 atom stereocenters. The smallest absolute Gasteiger partial charge is 0.177 e. The van der Waals surface area contributed by atoms with E-state index in [-0.39, 0.29) is 11.4 Å². The Morgan fingerprint density at radius 3 is 2.85 bits per heavy atom. The molecule has 1 aliphatic rings. The topological polar surface area (TPSA) is 90.3 Å². The molecule has 2 aromatic rings. The van der Waals surface area contributed by atoms with Gasteiger partial charge in [0.05, 0.1) is 11.9 Å². The van der Waals surface area contributed by atoms with Gasteiger partial charge in [0, 0.05) is 18.8 Å². The second-order valence-electron chi connectivity index (χ2n) is 4.74. The predicted molar refractivity (Wildman–Crippen MR) is 70.7 cm³/mol. The van der Waals surface area contributed by atoms with Crippen molar-refractivity contribution in [3.63, 3.8) is 0 Å². The number of imidazole rings is 1. The highest BCUT2D eigenvalue weighted by atomic mass is 15.1. The van der Waals surface area contributed by atoms with Gasteiger partial charge in [0.15, 0.2) is 11.4 Å². The number of aromatic nitrogens is 3. The lowest BCUT2D eigenvalue weighted by Gasteiger charge is -2.07. The standard InChI is InChI=1S/C14H12N6/c15-4-13-14(5-16)20(9-19-13)12-3-10(6-17-8-12)7-18-11-1-2-11/h3,6,8-9,11,18H,1-2,7H2. The van der Waals surface area contributed by atoms with Crippen LogP contribution in [0.15, 0.2) is 24.8 Å². The maximum atomic E-state index is 9.14. The van der Waals surface area contributed by atoms with Crippen molar-refractivity contribution >= 4 is 0 Å². The Labute approximate surface area is 116 Å². The van der Waals surface area contributed by atoms with E-state index in [0.29, 0.717) is 6.04 Å². The third kappa shape index (κ3) is 2.37. The zero-order chi connectivity index (χ0) is 13.9. The highest BCUT2D eigenvalue weighted by molar-refractivity contribution is 5.44. The second kappa shape index (κ2) is 5.12. The lowest BCUT2D eigenvalue weighted by molar-refractivity contribution is 0.685. The van der Waals surface area contributed by atoms with E-state index in [2.05, 4.69) is 15.3 Å². The normalized spacial score (nSPS) is 13.7. The van der Waals surface area contributed by atoms with E-state index in [9.17, 15) is 0 Å². The van der Waals surface area contributed by atoms with Gasteiger partial charge in [0.2, 0.25) is 0 Å². The quantitative estimate of drug-likeness (QED) is 0.897. The number of pyridine rings is 1. The minimum atomic E-state index is 0.133. The Bertz CT molecular complexity index is 714. The average molecular weight is 264 g/mol. The van der Waals surface area contributed by atoms with Crippen LogP contribution in [0.5, 0.6) is 0 Å². The first-order chi connectivity index (χ1) is 9.81. The molecule has 3 rings (SSSR count). The summed E-state index contributed by atoms with van der Waals surface area (Å²) in [5, 5.41) is 21.5. The molecule has 0 spiro atoms. The summed E-state index contributed by atoms with van der Waals surface area (Å²) in [5.74, 6) is 0. The summed E-state index contributed by atoms with van der Waals surface area (Å²) in [6.45, 7) is 0.757. The maximum Gasteiger partial charge on any atom is 0.177 e. The molecule has 6 nitrogen and oxygen atoms in total. The monoisotopic (exact) mass is 264 g/mol. The zero-order valence-corrected chi connectivity index (χ0v) is 10.7. The molecular formula is C14H12N6. The highest BCUT2D eigenvalue weighted by Crippen LogP contribution is 2.20. The molecule has 0 radical (unpaired) electrons. The van der Waals surface area contributed by atoms with Gasteiger partial charge < -0.3 is 5.32 Å². The number of hydrogen-bond acceptors (Lipinski definition) is 5. The predicted octanol–water partition coefficient (Wildman–Crippen LogP) is 1.26. The molecule has 0 amide bonds. The fourth-order valence-electron chi connectivity index (χ4n) is 1.98. The van der Waals surface area contributed by atoms with E-state index in [1.165, 1.54) is 19.2 Å². The summed E-state index contributed by atoms with van der Waals surface area (Å²) in [4.78, 5) is 8.12. The van der Waals surface area contributed by atoms with Crippen molar-refractivity contribution in [3.05, 3.63) is 41.7 Å². The molecule has 2 aromatic heterocycles. The van der Waals surface area contributed by atoms with Crippen molar-refractivity contribution in [2.75, 3.05) is 0 Å². The first kappa shape index (κ1) is 12.3. The molecule has 2 heterocycles. The Balaban J connectivity index is 1.90. The van der Waals surface area contributed by atoms with Crippen LogP contribution in [0, 0.1) is 22.7 Å². The van der Waals surface area contributed by atoms with Gasteiger partial charge in [-0.25, -0.2) is 4.98 Å². The molecule has 1 aliphatic carbocycles. The molecule has 1 N–H and O–H groups in total. The van der Waals surface area contributed by atoms with Crippen molar-refractivity contribution in [1.82, 2.24) is 19.9 Å². The van der Waals surface area contributed by atoms with Crippen molar-refractivity contribution in [2.45, 2.75) is 25.4 Å². The van der Waals surface area contributed by atoms with E-state index in [0.717, 1.165) is 17.8 Å². The fraction of sp³-hybridized carbons (Fsp3) is 0.286. The molecule has 0 bridgehead atoms. The van der Waals surface area contributed by atoms with Crippen LogP contribution in [0.3, 0.4) is 0 Å². The number of hydrogen-bond donors (Lipinski definition) is 1. The van der Waals surface area contributed by atoms with Crippen LogP contribution >= 0.6 is 0 Å². The average Bonchev–Trinajstić information content (AvgIpc) is 3.22. The first-order valence-corrected chi connectivity index (χ1v) is 6.37. The third-order valence-electron chi connectivity index (χ3n) is 3.21. The molecule has 0 unspecified atom stereocenters. The summed E-state index contributed by atoms with van der Waals surface area (Å²) < 4.78 is 1.59. The number of nitriles is 2. The van der Waals surface area contributed by atoms with Crippen molar-refractivity contribution in [1.29, 1.82) is 10.5 Å². The second-order valence-corrected chi connectivity index (χ2v) is 4.74. The lowest BCUT2D eigenvalue weighted by atomic mass is 10.2. The van der Waals surface area contributed by atoms with Gasteiger partial charge in [-0.05, 0) is 24.5 Å². The summed E-state index contributed by atoms with van der Waals surface area (Å²) in [6.07, 6.45) is 7.40. The largest absolute Gasteiger partial charge is 0.310 e. The van der Waals surface area contributed by atoms with E-state index >= 15 is 0 Å². The van der Waals surface area contributed by atoms with Gasteiger partial charge in [-0.2, -0.15) is 10.5 Å². The third-order valence-corrected chi connectivity index (χ3v) is 3.21.